The molecule has 8 nitrogen and oxygen atoms in total. The van der Waals surface area contributed by atoms with E-state index in [0.29, 0.717) is 19.3 Å². The Bertz CT molecular complexity index is 1140. The Balaban J connectivity index is 4.61. The summed E-state index contributed by atoms with van der Waals surface area (Å²) in [5.41, 5.74) is 0. The molecule has 0 aromatic carbocycles. The lowest BCUT2D eigenvalue weighted by Crippen LogP contribution is -2.50. The first-order chi connectivity index (χ1) is 25.6. The van der Waals surface area contributed by atoms with E-state index >= 15 is 0 Å². The van der Waals surface area contributed by atoms with E-state index < -0.39 is 24.1 Å². The number of carbonyl (C=O) groups is 3. The maximum atomic E-state index is 12.6. The van der Waals surface area contributed by atoms with Crippen LogP contribution in [0.1, 0.15) is 129 Å². The average Bonchev–Trinajstić information content (AvgIpc) is 3.11. The molecule has 8 heteroatoms. The number of allylic oxidation sites excluding steroid dienone is 14. The van der Waals surface area contributed by atoms with E-state index in [4.69, 9.17) is 14.2 Å². The molecule has 0 fully saturated rings. The van der Waals surface area contributed by atoms with Crippen molar-refractivity contribution < 1.29 is 38.2 Å². The Labute approximate surface area is 323 Å². The molecule has 0 aliphatic heterocycles. The fourth-order valence-corrected chi connectivity index (χ4v) is 5.19. The molecule has 0 aromatic heterocycles. The standard InChI is InChI=1S/C45H73NO7/c1-6-8-10-12-14-16-18-20-21-22-24-25-27-29-31-33-35-43(47)52-40-41(39-51-38-37-42(45(49)50)46(3,4)5)53-44(48)36-34-32-30-28-26-23-19-17-15-13-11-9-7-2/h8,10,14,16,20-21,23-26,29-32,41-42H,6-7,9,11-13,15,17-19,22,27-28,33-40H2,1-5H3/p+1/b10-8+,16-14+,21-20+,25-24+,26-23+,31-29+,32-30+. The Morgan fingerprint density at radius 2 is 1.06 bits per heavy atom. The van der Waals surface area contributed by atoms with Gasteiger partial charge in [0.15, 0.2) is 12.1 Å². The molecule has 300 valence electrons. The van der Waals surface area contributed by atoms with Crippen molar-refractivity contribution in [3.8, 4) is 0 Å². The predicted molar refractivity (Wildman–Crippen MR) is 220 cm³/mol. The first kappa shape index (κ1) is 49.5. The third kappa shape index (κ3) is 34.1. The van der Waals surface area contributed by atoms with Crippen molar-refractivity contribution in [3.63, 3.8) is 0 Å². The number of nitrogens with zero attached hydrogens (tertiary/aromatic N) is 1. The molecule has 0 radical (unpaired) electrons. The van der Waals surface area contributed by atoms with Crippen LogP contribution in [0.5, 0.6) is 0 Å². The van der Waals surface area contributed by atoms with Gasteiger partial charge in [-0.25, -0.2) is 4.79 Å². The third-order valence-electron chi connectivity index (χ3n) is 8.31. The number of hydrogen-bond acceptors (Lipinski definition) is 6. The van der Waals surface area contributed by atoms with Crippen LogP contribution in [0.25, 0.3) is 0 Å². The highest BCUT2D eigenvalue weighted by Gasteiger charge is 2.31. The van der Waals surface area contributed by atoms with Crippen molar-refractivity contribution in [3.05, 3.63) is 85.1 Å². The first-order valence-electron chi connectivity index (χ1n) is 20.1. The number of esters is 2. The monoisotopic (exact) mass is 741 g/mol. The quantitative estimate of drug-likeness (QED) is 0.0303. The zero-order chi connectivity index (χ0) is 39.3. The molecule has 1 N–H and O–H groups in total. The molecule has 0 aromatic rings. The molecule has 0 aliphatic rings. The van der Waals surface area contributed by atoms with Gasteiger partial charge in [0.25, 0.3) is 0 Å². The minimum Gasteiger partial charge on any atom is -0.477 e. The highest BCUT2D eigenvalue weighted by molar-refractivity contribution is 5.72. The second-order valence-electron chi connectivity index (χ2n) is 14.1. The molecule has 0 rings (SSSR count). The minimum absolute atomic E-state index is 0.0104. The number of hydrogen-bond donors (Lipinski definition) is 1. The number of aliphatic carboxylic acids is 1. The average molecular weight is 741 g/mol. The molecule has 0 saturated heterocycles. The number of carboxylic acid groups (broad SMARTS) is 1. The largest absolute Gasteiger partial charge is 0.477 e. The lowest BCUT2D eigenvalue weighted by molar-refractivity contribution is -0.887. The Hall–Kier alpha value is -3.49. The van der Waals surface area contributed by atoms with E-state index in [1.54, 1.807) is 0 Å². The number of carboxylic acids is 1. The van der Waals surface area contributed by atoms with Crippen molar-refractivity contribution in [2.45, 2.75) is 142 Å². The van der Waals surface area contributed by atoms with Crippen LogP contribution >= 0.6 is 0 Å². The van der Waals surface area contributed by atoms with Crippen LogP contribution in [0.3, 0.4) is 0 Å². The van der Waals surface area contributed by atoms with Crippen molar-refractivity contribution in [2.24, 2.45) is 0 Å². The zero-order valence-corrected chi connectivity index (χ0v) is 33.9. The van der Waals surface area contributed by atoms with Gasteiger partial charge in [-0.1, -0.05) is 131 Å². The first-order valence-corrected chi connectivity index (χ1v) is 20.1. The maximum Gasteiger partial charge on any atom is 0.362 e. The van der Waals surface area contributed by atoms with Crippen LogP contribution in [-0.2, 0) is 28.6 Å². The minimum atomic E-state index is -0.896. The Kier molecular flexibility index (Phi) is 33.2. The lowest BCUT2D eigenvalue weighted by atomic mass is 10.1. The van der Waals surface area contributed by atoms with Gasteiger partial charge < -0.3 is 23.8 Å². The van der Waals surface area contributed by atoms with E-state index in [1.807, 2.05) is 39.4 Å². The van der Waals surface area contributed by atoms with Gasteiger partial charge in [-0.15, -0.1) is 0 Å². The van der Waals surface area contributed by atoms with Gasteiger partial charge in [0.05, 0.1) is 34.4 Å². The second-order valence-corrected chi connectivity index (χ2v) is 14.1. The zero-order valence-electron chi connectivity index (χ0n) is 33.9. The summed E-state index contributed by atoms with van der Waals surface area (Å²) in [6, 6.07) is -0.637. The molecule has 0 spiro atoms. The van der Waals surface area contributed by atoms with Crippen molar-refractivity contribution in [1.29, 1.82) is 0 Å². The molecule has 0 aliphatic carbocycles. The number of quaternary nitrogens is 1. The summed E-state index contributed by atoms with van der Waals surface area (Å²) in [5.74, 6) is -1.67. The number of carbonyl (C=O) groups excluding carboxylic acids is 2. The number of ether oxygens (including phenoxy) is 3. The van der Waals surface area contributed by atoms with Crippen LogP contribution in [0.2, 0.25) is 0 Å². The van der Waals surface area contributed by atoms with Crippen LogP contribution in [0, 0.1) is 0 Å². The number of rotatable bonds is 34. The van der Waals surface area contributed by atoms with E-state index in [1.165, 1.54) is 38.5 Å². The second kappa shape index (κ2) is 35.5. The molecule has 0 amide bonds. The smallest absolute Gasteiger partial charge is 0.362 e. The summed E-state index contributed by atoms with van der Waals surface area (Å²) in [6.07, 6.45) is 45.2. The van der Waals surface area contributed by atoms with Crippen LogP contribution in [-0.4, -0.2) is 80.6 Å². The van der Waals surface area contributed by atoms with Crippen molar-refractivity contribution in [1.82, 2.24) is 0 Å². The summed E-state index contributed by atoms with van der Waals surface area (Å²) in [4.78, 5) is 36.8. The van der Waals surface area contributed by atoms with Crippen molar-refractivity contribution in [2.75, 3.05) is 41.0 Å². The molecule has 0 heterocycles. The lowest BCUT2D eigenvalue weighted by Gasteiger charge is -2.31. The van der Waals surface area contributed by atoms with Crippen LogP contribution in [0.15, 0.2) is 85.1 Å². The molecule has 0 saturated carbocycles. The van der Waals surface area contributed by atoms with Crippen LogP contribution < -0.4 is 0 Å². The fourth-order valence-electron chi connectivity index (χ4n) is 5.19. The van der Waals surface area contributed by atoms with E-state index in [0.717, 1.165) is 44.9 Å². The van der Waals surface area contributed by atoms with Crippen LogP contribution in [0.4, 0.5) is 0 Å². The third-order valence-corrected chi connectivity index (χ3v) is 8.31. The fraction of sp³-hybridized carbons (Fsp3) is 0.622. The summed E-state index contributed by atoms with van der Waals surface area (Å²) in [7, 11) is 5.47. The summed E-state index contributed by atoms with van der Waals surface area (Å²) in [6.45, 7) is 4.44. The van der Waals surface area contributed by atoms with Crippen molar-refractivity contribution >= 4 is 17.9 Å². The van der Waals surface area contributed by atoms with Gasteiger partial charge in [-0.3, -0.25) is 9.59 Å². The maximum absolute atomic E-state index is 12.6. The molecular weight excluding hydrogens is 666 g/mol. The number of unbranched alkanes of at least 4 members (excludes halogenated alkanes) is 6. The molecule has 2 unspecified atom stereocenters. The molecular formula is C45H74NO7+. The van der Waals surface area contributed by atoms with Gasteiger partial charge >= 0.3 is 17.9 Å². The Morgan fingerprint density at radius 1 is 0.585 bits per heavy atom. The van der Waals surface area contributed by atoms with Gasteiger partial charge in [-0.05, 0) is 64.2 Å². The van der Waals surface area contributed by atoms with Gasteiger partial charge in [-0.2, -0.15) is 0 Å². The summed E-state index contributed by atoms with van der Waals surface area (Å²) >= 11 is 0. The van der Waals surface area contributed by atoms with Gasteiger partial charge in [0.1, 0.15) is 6.61 Å². The number of likely N-dealkylation sites (N-methyl/N-ethyl adjacent to an activating group) is 1. The van der Waals surface area contributed by atoms with Gasteiger partial charge in [0.2, 0.25) is 0 Å². The van der Waals surface area contributed by atoms with E-state index in [9.17, 15) is 19.5 Å². The predicted octanol–water partition coefficient (Wildman–Crippen LogP) is 10.6. The Morgan fingerprint density at radius 3 is 1.57 bits per heavy atom. The SMILES string of the molecule is CC/C=C/C/C=C/C/C=C/C/C=C/C/C=C/CCC(=O)OCC(COCCC(C(=O)O)[N+](C)(C)C)OC(=O)CC/C=C/C/C=C/CCCCCCCC. The van der Waals surface area contributed by atoms with Gasteiger partial charge in [0, 0.05) is 19.3 Å². The summed E-state index contributed by atoms with van der Waals surface area (Å²) < 4.78 is 17.1. The highest BCUT2D eigenvalue weighted by atomic mass is 16.6. The molecule has 2 atom stereocenters. The molecule has 0 bridgehead atoms. The molecule has 53 heavy (non-hydrogen) atoms. The highest BCUT2D eigenvalue weighted by Crippen LogP contribution is 2.10. The van der Waals surface area contributed by atoms with E-state index in [2.05, 4.69) is 80.7 Å². The normalized spacial score (nSPS) is 13.9. The van der Waals surface area contributed by atoms with E-state index in [-0.39, 0.29) is 43.1 Å². The topological polar surface area (TPSA) is 99.1 Å². The summed E-state index contributed by atoms with van der Waals surface area (Å²) in [5, 5.41) is 9.59.